The van der Waals surface area contributed by atoms with Crippen LogP contribution in [0, 0.1) is 11.2 Å². The lowest BCUT2D eigenvalue weighted by atomic mass is 9.81. The first-order valence-electron chi connectivity index (χ1n) is 5.43. The van der Waals surface area contributed by atoms with E-state index >= 15 is 0 Å². The number of carbonyl (C=O) groups excluding carboxylic acids is 1. The molecule has 1 aliphatic rings. The second-order valence-corrected chi connectivity index (χ2v) is 4.58. The zero-order valence-corrected chi connectivity index (χ0v) is 8.92. The molecule has 2 rings (SSSR count). The Hall–Kier alpha value is -1.18. The van der Waals surface area contributed by atoms with Crippen molar-refractivity contribution in [2.45, 2.75) is 32.6 Å². The third kappa shape index (κ3) is 1.81. The highest BCUT2D eigenvalue weighted by molar-refractivity contribution is 6.00. The molecule has 1 saturated carbocycles. The summed E-state index contributed by atoms with van der Waals surface area (Å²) in [6.45, 7) is 1.95. The molecule has 1 aromatic rings. The van der Waals surface area contributed by atoms with Gasteiger partial charge in [0.25, 0.3) is 0 Å². The minimum atomic E-state index is -0.393. The quantitative estimate of drug-likeness (QED) is 0.676. The average Bonchev–Trinajstić information content (AvgIpc) is 2.66. The highest BCUT2D eigenvalue weighted by Gasteiger charge is 2.37. The van der Waals surface area contributed by atoms with Gasteiger partial charge in [0, 0.05) is 5.41 Å². The number of benzene rings is 1. The number of halogens is 1. The summed E-state index contributed by atoms with van der Waals surface area (Å²) in [5.41, 5.74) is -0.0794. The number of ketones is 1. The first-order valence-corrected chi connectivity index (χ1v) is 5.43. The molecular formula is C13H15FO. The van der Waals surface area contributed by atoms with Gasteiger partial charge in [0.05, 0.1) is 5.56 Å². The van der Waals surface area contributed by atoms with E-state index in [1.165, 1.54) is 6.07 Å². The van der Waals surface area contributed by atoms with E-state index in [9.17, 15) is 9.18 Å². The molecule has 0 spiro atoms. The van der Waals surface area contributed by atoms with Crippen molar-refractivity contribution in [3.63, 3.8) is 0 Å². The minimum absolute atomic E-state index is 0.0295. The van der Waals surface area contributed by atoms with E-state index in [1.807, 2.05) is 6.92 Å². The van der Waals surface area contributed by atoms with E-state index in [-0.39, 0.29) is 16.8 Å². The predicted octanol–water partition coefficient (Wildman–Crippen LogP) is 3.59. The molecule has 0 radical (unpaired) electrons. The molecule has 1 aliphatic carbocycles. The molecule has 0 aliphatic heterocycles. The lowest BCUT2D eigenvalue weighted by Gasteiger charge is -2.21. The van der Waals surface area contributed by atoms with Gasteiger partial charge >= 0.3 is 0 Å². The van der Waals surface area contributed by atoms with E-state index in [0.29, 0.717) is 0 Å². The van der Waals surface area contributed by atoms with Crippen LogP contribution in [-0.2, 0) is 0 Å². The Balaban J connectivity index is 2.32. The van der Waals surface area contributed by atoms with Crippen LogP contribution in [0.2, 0.25) is 0 Å². The summed E-state index contributed by atoms with van der Waals surface area (Å²) in [7, 11) is 0. The van der Waals surface area contributed by atoms with E-state index in [2.05, 4.69) is 0 Å². The summed E-state index contributed by atoms with van der Waals surface area (Å²) in [6, 6.07) is 6.27. The SMILES string of the molecule is CC1(C(=O)c2ccccc2F)CCCC1. The van der Waals surface area contributed by atoms with E-state index in [0.717, 1.165) is 25.7 Å². The first kappa shape index (κ1) is 10.3. The highest BCUT2D eigenvalue weighted by Crippen LogP contribution is 2.40. The van der Waals surface area contributed by atoms with Crippen LogP contribution in [0.15, 0.2) is 24.3 Å². The third-order valence-corrected chi connectivity index (χ3v) is 3.37. The molecule has 15 heavy (non-hydrogen) atoms. The van der Waals surface area contributed by atoms with Crippen molar-refractivity contribution < 1.29 is 9.18 Å². The maximum absolute atomic E-state index is 13.4. The van der Waals surface area contributed by atoms with Crippen molar-refractivity contribution in [2.75, 3.05) is 0 Å². The Kier molecular flexibility index (Phi) is 2.59. The van der Waals surface area contributed by atoms with Crippen molar-refractivity contribution in [1.29, 1.82) is 0 Å². The predicted molar refractivity (Wildman–Crippen MR) is 57.3 cm³/mol. The molecule has 0 N–H and O–H groups in total. The van der Waals surface area contributed by atoms with Gasteiger partial charge in [0.1, 0.15) is 5.82 Å². The van der Waals surface area contributed by atoms with Crippen molar-refractivity contribution in [3.05, 3.63) is 35.6 Å². The van der Waals surface area contributed by atoms with Gasteiger partial charge in [-0.3, -0.25) is 4.79 Å². The summed E-state index contributed by atoms with van der Waals surface area (Å²) in [5.74, 6) is -0.422. The Morgan fingerprint density at radius 2 is 1.87 bits per heavy atom. The van der Waals surface area contributed by atoms with Crippen molar-refractivity contribution in [2.24, 2.45) is 5.41 Å². The average molecular weight is 206 g/mol. The maximum atomic E-state index is 13.4. The number of hydrogen-bond donors (Lipinski definition) is 0. The van der Waals surface area contributed by atoms with Crippen LogP contribution < -0.4 is 0 Å². The fourth-order valence-corrected chi connectivity index (χ4v) is 2.35. The van der Waals surface area contributed by atoms with Gasteiger partial charge in [0.2, 0.25) is 0 Å². The largest absolute Gasteiger partial charge is 0.293 e. The Morgan fingerprint density at radius 3 is 2.47 bits per heavy atom. The van der Waals surface area contributed by atoms with Crippen LogP contribution in [0.25, 0.3) is 0 Å². The fourth-order valence-electron chi connectivity index (χ4n) is 2.35. The topological polar surface area (TPSA) is 17.1 Å². The molecule has 0 heterocycles. The summed E-state index contributed by atoms with van der Waals surface area (Å²) in [5, 5.41) is 0. The lowest BCUT2D eigenvalue weighted by molar-refractivity contribution is 0.0819. The molecule has 1 fully saturated rings. The van der Waals surface area contributed by atoms with Gasteiger partial charge in [-0.25, -0.2) is 4.39 Å². The van der Waals surface area contributed by atoms with Crippen molar-refractivity contribution >= 4 is 5.78 Å². The highest BCUT2D eigenvalue weighted by atomic mass is 19.1. The fraction of sp³-hybridized carbons (Fsp3) is 0.462. The first-order chi connectivity index (χ1) is 7.13. The standard InChI is InChI=1S/C13H15FO/c1-13(8-4-5-9-13)12(15)10-6-2-3-7-11(10)14/h2-3,6-7H,4-5,8-9H2,1H3. The Labute approximate surface area is 89.3 Å². The second-order valence-electron chi connectivity index (χ2n) is 4.58. The van der Waals surface area contributed by atoms with Gasteiger partial charge in [-0.05, 0) is 25.0 Å². The molecule has 0 aromatic heterocycles. The van der Waals surface area contributed by atoms with Crippen molar-refractivity contribution in [1.82, 2.24) is 0 Å². The molecule has 0 unspecified atom stereocenters. The monoisotopic (exact) mass is 206 g/mol. The third-order valence-electron chi connectivity index (χ3n) is 3.37. The van der Waals surface area contributed by atoms with Gasteiger partial charge < -0.3 is 0 Å². The van der Waals surface area contributed by atoms with Crippen LogP contribution in [0.4, 0.5) is 4.39 Å². The second kappa shape index (κ2) is 3.76. The minimum Gasteiger partial charge on any atom is -0.293 e. The van der Waals surface area contributed by atoms with Gasteiger partial charge in [-0.2, -0.15) is 0 Å². The molecule has 0 amide bonds. The molecule has 0 atom stereocenters. The van der Waals surface area contributed by atoms with Crippen LogP contribution in [-0.4, -0.2) is 5.78 Å². The van der Waals surface area contributed by atoms with Crippen LogP contribution in [0.1, 0.15) is 43.0 Å². The molecule has 2 heteroatoms. The Bertz CT molecular complexity index is 378. The summed E-state index contributed by atoms with van der Waals surface area (Å²) < 4.78 is 13.4. The smallest absolute Gasteiger partial charge is 0.171 e. The molecule has 1 nitrogen and oxygen atoms in total. The van der Waals surface area contributed by atoms with Crippen molar-refractivity contribution in [3.8, 4) is 0 Å². The zero-order chi connectivity index (χ0) is 10.9. The molecule has 0 saturated heterocycles. The molecule has 80 valence electrons. The summed E-state index contributed by atoms with van der Waals surface area (Å²) >= 11 is 0. The summed E-state index contributed by atoms with van der Waals surface area (Å²) in [6.07, 6.45) is 3.94. The van der Waals surface area contributed by atoms with Gasteiger partial charge in [0.15, 0.2) is 5.78 Å². The van der Waals surface area contributed by atoms with Gasteiger partial charge in [-0.15, -0.1) is 0 Å². The molecule has 0 bridgehead atoms. The van der Waals surface area contributed by atoms with E-state index in [1.54, 1.807) is 18.2 Å². The Morgan fingerprint density at radius 1 is 1.27 bits per heavy atom. The van der Waals surface area contributed by atoms with Crippen LogP contribution >= 0.6 is 0 Å². The van der Waals surface area contributed by atoms with Crippen LogP contribution in [0.5, 0.6) is 0 Å². The summed E-state index contributed by atoms with van der Waals surface area (Å²) in [4.78, 5) is 12.1. The van der Waals surface area contributed by atoms with E-state index < -0.39 is 5.82 Å². The van der Waals surface area contributed by atoms with Crippen LogP contribution in [0.3, 0.4) is 0 Å². The number of Topliss-reactive ketones (excluding diaryl/α,β-unsaturated/α-hetero) is 1. The zero-order valence-electron chi connectivity index (χ0n) is 8.92. The van der Waals surface area contributed by atoms with E-state index in [4.69, 9.17) is 0 Å². The number of hydrogen-bond acceptors (Lipinski definition) is 1. The maximum Gasteiger partial charge on any atom is 0.171 e. The van der Waals surface area contributed by atoms with Gasteiger partial charge in [-0.1, -0.05) is 31.9 Å². The molecule has 1 aromatic carbocycles. The lowest BCUT2D eigenvalue weighted by Crippen LogP contribution is -2.25. The molecular weight excluding hydrogens is 191 g/mol. The number of carbonyl (C=O) groups is 1. The normalized spacial score (nSPS) is 19.1. The number of rotatable bonds is 2.